The Hall–Kier alpha value is -1.72. The van der Waals surface area contributed by atoms with Gasteiger partial charge in [-0.25, -0.2) is 0 Å². The molecule has 2 heterocycles. The Morgan fingerprint density at radius 3 is 2.80 bits per heavy atom. The van der Waals surface area contributed by atoms with Gasteiger partial charge in [-0.2, -0.15) is 5.10 Å². The number of benzene rings is 1. The van der Waals surface area contributed by atoms with E-state index in [4.69, 9.17) is 5.10 Å². The van der Waals surface area contributed by atoms with E-state index in [0.717, 1.165) is 27.9 Å². The second-order valence-electron chi connectivity index (χ2n) is 4.62. The maximum absolute atomic E-state index is 4.70. The van der Waals surface area contributed by atoms with E-state index in [-0.39, 0.29) is 0 Å². The SMILES string of the molecule is CNCc1nn(Cc2ccc(Br)cn2)c2ccccc12. The molecule has 1 N–H and O–H groups in total. The predicted octanol–water partition coefficient (Wildman–Crippen LogP) is 2.96. The Bertz CT molecular complexity index is 718. The lowest BCUT2D eigenvalue weighted by Crippen LogP contribution is -2.08. The topological polar surface area (TPSA) is 42.7 Å². The van der Waals surface area contributed by atoms with Crippen LogP contribution in [-0.4, -0.2) is 21.8 Å². The monoisotopic (exact) mass is 330 g/mol. The molecule has 102 valence electrons. The molecule has 0 aliphatic carbocycles. The number of pyridine rings is 1. The van der Waals surface area contributed by atoms with E-state index in [0.29, 0.717) is 6.54 Å². The van der Waals surface area contributed by atoms with Gasteiger partial charge in [0.25, 0.3) is 0 Å². The molecule has 0 saturated heterocycles. The normalized spacial score (nSPS) is 11.1. The van der Waals surface area contributed by atoms with Gasteiger partial charge in [-0.05, 0) is 41.2 Å². The molecule has 4 nitrogen and oxygen atoms in total. The van der Waals surface area contributed by atoms with Gasteiger partial charge in [0.1, 0.15) is 0 Å². The molecule has 0 amide bonds. The average Bonchev–Trinajstić information content (AvgIpc) is 2.81. The van der Waals surface area contributed by atoms with E-state index in [1.54, 1.807) is 0 Å². The second-order valence-corrected chi connectivity index (χ2v) is 5.54. The first kappa shape index (κ1) is 13.3. The van der Waals surface area contributed by atoms with Crippen molar-refractivity contribution in [1.82, 2.24) is 20.1 Å². The van der Waals surface area contributed by atoms with Crippen molar-refractivity contribution in [3.05, 3.63) is 58.5 Å². The highest BCUT2D eigenvalue weighted by atomic mass is 79.9. The van der Waals surface area contributed by atoms with Gasteiger partial charge in [-0.1, -0.05) is 18.2 Å². The van der Waals surface area contributed by atoms with Gasteiger partial charge in [0.15, 0.2) is 0 Å². The largest absolute Gasteiger partial charge is 0.314 e. The van der Waals surface area contributed by atoms with Crippen molar-refractivity contribution in [2.75, 3.05) is 7.05 Å². The molecule has 0 fully saturated rings. The van der Waals surface area contributed by atoms with Crippen molar-refractivity contribution in [2.45, 2.75) is 13.1 Å². The highest BCUT2D eigenvalue weighted by Crippen LogP contribution is 2.19. The van der Waals surface area contributed by atoms with Crippen LogP contribution in [0.25, 0.3) is 10.9 Å². The maximum Gasteiger partial charge on any atom is 0.0841 e. The first-order valence-electron chi connectivity index (χ1n) is 6.47. The third kappa shape index (κ3) is 2.59. The van der Waals surface area contributed by atoms with Crippen LogP contribution in [0.5, 0.6) is 0 Å². The third-order valence-electron chi connectivity index (χ3n) is 3.18. The Labute approximate surface area is 126 Å². The molecule has 2 aromatic heterocycles. The molecule has 0 atom stereocenters. The van der Waals surface area contributed by atoms with Crippen molar-refractivity contribution in [3.63, 3.8) is 0 Å². The summed E-state index contributed by atoms with van der Waals surface area (Å²) in [6.07, 6.45) is 1.82. The Morgan fingerprint density at radius 1 is 1.20 bits per heavy atom. The van der Waals surface area contributed by atoms with Gasteiger partial charge in [0, 0.05) is 22.6 Å². The van der Waals surface area contributed by atoms with Crippen LogP contribution >= 0.6 is 15.9 Å². The lowest BCUT2D eigenvalue weighted by Gasteiger charge is -2.03. The number of para-hydroxylation sites is 1. The number of hydrogen-bond donors (Lipinski definition) is 1. The summed E-state index contributed by atoms with van der Waals surface area (Å²) in [5, 5.41) is 9.06. The predicted molar refractivity (Wildman–Crippen MR) is 83.5 cm³/mol. The first-order valence-corrected chi connectivity index (χ1v) is 7.26. The van der Waals surface area contributed by atoms with Gasteiger partial charge in [0.05, 0.1) is 23.4 Å². The van der Waals surface area contributed by atoms with Crippen molar-refractivity contribution < 1.29 is 0 Å². The fourth-order valence-electron chi connectivity index (χ4n) is 2.27. The molecule has 1 aromatic carbocycles. The molecular formula is C15H15BrN4. The quantitative estimate of drug-likeness (QED) is 0.799. The minimum atomic E-state index is 0.678. The van der Waals surface area contributed by atoms with Crippen molar-refractivity contribution in [2.24, 2.45) is 0 Å². The fraction of sp³-hybridized carbons (Fsp3) is 0.200. The molecule has 20 heavy (non-hydrogen) atoms. The van der Waals surface area contributed by atoms with Gasteiger partial charge >= 0.3 is 0 Å². The Morgan fingerprint density at radius 2 is 2.05 bits per heavy atom. The second kappa shape index (κ2) is 5.73. The molecule has 0 radical (unpaired) electrons. The van der Waals surface area contributed by atoms with E-state index in [9.17, 15) is 0 Å². The van der Waals surface area contributed by atoms with E-state index in [1.165, 1.54) is 5.39 Å². The number of fused-ring (bicyclic) bond motifs is 1. The first-order chi connectivity index (χ1) is 9.78. The zero-order valence-electron chi connectivity index (χ0n) is 11.2. The van der Waals surface area contributed by atoms with Crippen molar-refractivity contribution in [3.8, 4) is 0 Å². The molecule has 0 unspecified atom stereocenters. The highest BCUT2D eigenvalue weighted by Gasteiger charge is 2.09. The Kier molecular flexibility index (Phi) is 3.80. The minimum absolute atomic E-state index is 0.678. The van der Waals surface area contributed by atoms with E-state index >= 15 is 0 Å². The molecule has 0 aliphatic rings. The average molecular weight is 331 g/mol. The van der Waals surface area contributed by atoms with Crippen LogP contribution in [-0.2, 0) is 13.1 Å². The summed E-state index contributed by atoms with van der Waals surface area (Å²) < 4.78 is 3.00. The lowest BCUT2D eigenvalue weighted by molar-refractivity contribution is 0.666. The maximum atomic E-state index is 4.70. The van der Waals surface area contributed by atoms with Crippen LogP contribution < -0.4 is 5.32 Å². The Balaban J connectivity index is 2.00. The molecule has 3 rings (SSSR count). The summed E-state index contributed by atoms with van der Waals surface area (Å²) in [6, 6.07) is 12.3. The molecule has 0 aliphatic heterocycles. The van der Waals surface area contributed by atoms with E-state index < -0.39 is 0 Å². The zero-order chi connectivity index (χ0) is 13.9. The van der Waals surface area contributed by atoms with Gasteiger partial charge in [0.2, 0.25) is 0 Å². The minimum Gasteiger partial charge on any atom is -0.314 e. The molecular weight excluding hydrogens is 316 g/mol. The number of nitrogens with one attached hydrogen (secondary N) is 1. The number of nitrogens with zero attached hydrogens (tertiary/aromatic N) is 3. The van der Waals surface area contributed by atoms with Crippen LogP contribution in [0.4, 0.5) is 0 Å². The van der Waals surface area contributed by atoms with Crippen LogP contribution in [0.15, 0.2) is 47.1 Å². The fourth-order valence-corrected chi connectivity index (χ4v) is 2.50. The molecule has 0 saturated carbocycles. The van der Waals surface area contributed by atoms with Gasteiger partial charge < -0.3 is 5.32 Å². The smallest absolute Gasteiger partial charge is 0.0841 e. The zero-order valence-corrected chi connectivity index (χ0v) is 12.8. The molecule has 0 spiro atoms. The van der Waals surface area contributed by atoms with Crippen molar-refractivity contribution in [1.29, 1.82) is 0 Å². The van der Waals surface area contributed by atoms with E-state index in [1.807, 2.05) is 42.2 Å². The summed E-state index contributed by atoms with van der Waals surface area (Å²) in [6.45, 7) is 1.44. The van der Waals surface area contributed by atoms with Gasteiger partial charge in [-0.3, -0.25) is 9.67 Å². The molecule has 5 heteroatoms. The van der Waals surface area contributed by atoms with Crippen LogP contribution in [0, 0.1) is 0 Å². The summed E-state index contributed by atoms with van der Waals surface area (Å²) in [5.74, 6) is 0. The van der Waals surface area contributed by atoms with Gasteiger partial charge in [-0.15, -0.1) is 0 Å². The summed E-state index contributed by atoms with van der Waals surface area (Å²) in [5.41, 5.74) is 3.21. The van der Waals surface area contributed by atoms with Crippen LogP contribution in [0.3, 0.4) is 0 Å². The molecule has 0 bridgehead atoms. The van der Waals surface area contributed by atoms with Crippen molar-refractivity contribution >= 4 is 26.8 Å². The van der Waals surface area contributed by atoms with Crippen LogP contribution in [0.2, 0.25) is 0 Å². The number of aromatic nitrogens is 3. The molecule has 3 aromatic rings. The summed E-state index contributed by atoms with van der Waals surface area (Å²) in [4.78, 5) is 4.41. The van der Waals surface area contributed by atoms with E-state index in [2.05, 4.69) is 38.4 Å². The van der Waals surface area contributed by atoms with Crippen LogP contribution in [0.1, 0.15) is 11.4 Å². The summed E-state index contributed by atoms with van der Waals surface area (Å²) in [7, 11) is 1.93. The number of halogens is 1. The standard InChI is InChI=1S/C15H15BrN4/c1-17-9-14-13-4-2-3-5-15(13)20(19-14)10-12-7-6-11(16)8-18-12/h2-8,17H,9-10H2,1H3. The number of hydrogen-bond acceptors (Lipinski definition) is 3. The highest BCUT2D eigenvalue weighted by molar-refractivity contribution is 9.10. The lowest BCUT2D eigenvalue weighted by atomic mass is 10.2. The summed E-state index contributed by atoms with van der Waals surface area (Å²) >= 11 is 3.40. The number of rotatable bonds is 4. The third-order valence-corrected chi connectivity index (χ3v) is 3.65.